The average molecular weight is 306 g/mol. The summed E-state index contributed by atoms with van der Waals surface area (Å²) in [7, 11) is 0. The van der Waals surface area contributed by atoms with Crippen LogP contribution in [0.15, 0.2) is 48.5 Å². The van der Waals surface area contributed by atoms with Crippen LogP contribution in [-0.2, 0) is 19.1 Å². The summed E-state index contributed by atoms with van der Waals surface area (Å²) in [5.74, 6) is -3.96. The second-order valence-electron chi connectivity index (χ2n) is 3.83. The van der Waals surface area contributed by atoms with Gasteiger partial charge < -0.3 is 9.47 Å². The summed E-state index contributed by atoms with van der Waals surface area (Å²) < 4.78 is 37.6. The topological polar surface area (TPSA) is 100 Å². The molecule has 0 radical (unpaired) electrons. The molecule has 0 bridgehead atoms. The van der Waals surface area contributed by atoms with E-state index in [4.69, 9.17) is 10.5 Å². The summed E-state index contributed by atoms with van der Waals surface area (Å²) in [6.45, 7) is 6.17. The van der Waals surface area contributed by atoms with E-state index in [2.05, 4.69) is 22.6 Å². The van der Waals surface area contributed by atoms with Crippen LogP contribution in [0.3, 0.4) is 0 Å². The molecule has 1 rings (SSSR count). The van der Waals surface area contributed by atoms with Crippen molar-refractivity contribution in [3.63, 3.8) is 0 Å². The monoisotopic (exact) mass is 306 g/mol. The van der Waals surface area contributed by atoms with E-state index in [1.807, 2.05) is 0 Å². The van der Waals surface area contributed by atoms with Gasteiger partial charge >= 0.3 is 11.9 Å². The molecule has 112 valence electrons. The molecular weight excluding hydrogens is 298 g/mol. The number of ether oxygens (including phenoxy) is 2. The molecular formula is C14H8F2N2O4. The van der Waals surface area contributed by atoms with Gasteiger partial charge in [-0.2, -0.15) is 10.5 Å². The van der Waals surface area contributed by atoms with Gasteiger partial charge in [-0.1, -0.05) is 13.2 Å². The first-order valence-corrected chi connectivity index (χ1v) is 5.63. The van der Waals surface area contributed by atoms with E-state index in [1.165, 1.54) is 6.07 Å². The van der Waals surface area contributed by atoms with Crippen LogP contribution in [0, 0.1) is 22.7 Å². The van der Waals surface area contributed by atoms with E-state index in [9.17, 15) is 18.4 Å². The van der Waals surface area contributed by atoms with Gasteiger partial charge in [0.1, 0.15) is 17.7 Å². The third-order valence-corrected chi connectivity index (χ3v) is 2.53. The third kappa shape index (κ3) is 2.91. The molecule has 0 amide bonds. The lowest BCUT2D eigenvalue weighted by molar-refractivity contribution is -0.136. The van der Waals surface area contributed by atoms with Gasteiger partial charge in [0.25, 0.3) is 5.67 Å². The molecule has 2 atom stereocenters. The van der Waals surface area contributed by atoms with Crippen molar-refractivity contribution in [2.75, 3.05) is 0 Å². The molecule has 0 spiro atoms. The number of esters is 2. The van der Waals surface area contributed by atoms with Crippen molar-refractivity contribution in [1.29, 1.82) is 10.5 Å². The number of carbonyl (C=O) groups excluding carboxylic acids is 2. The van der Waals surface area contributed by atoms with Crippen molar-refractivity contribution in [3.05, 3.63) is 48.5 Å². The molecule has 0 aromatic rings. The van der Waals surface area contributed by atoms with E-state index in [0.29, 0.717) is 12.2 Å². The Kier molecular flexibility index (Phi) is 4.93. The number of allylic oxidation sites excluding steroid dienone is 3. The Labute approximate surface area is 123 Å². The maximum atomic E-state index is 14.4. The van der Waals surface area contributed by atoms with Gasteiger partial charge in [0.05, 0.1) is 0 Å². The van der Waals surface area contributed by atoms with E-state index in [1.54, 1.807) is 0 Å². The first kappa shape index (κ1) is 16.8. The Morgan fingerprint density at radius 2 is 1.82 bits per heavy atom. The van der Waals surface area contributed by atoms with Crippen LogP contribution in [0.2, 0.25) is 0 Å². The zero-order valence-corrected chi connectivity index (χ0v) is 11.0. The molecule has 1 aliphatic carbocycles. The van der Waals surface area contributed by atoms with E-state index >= 15 is 0 Å². The molecule has 2 unspecified atom stereocenters. The zero-order chi connectivity index (χ0) is 16.9. The van der Waals surface area contributed by atoms with Crippen molar-refractivity contribution < 1.29 is 27.8 Å². The van der Waals surface area contributed by atoms with Crippen LogP contribution < -0.4 is 0 Å². The Balaban J connectivity index is 3.45. The smallest absolute Gasteiger partial charge is 0.335 e. The Bertz CT molecular complexity index is 697. The molecule has 0 N–H and O–H groups in total. The number of nitriles is 2. The summed E-state index contributed by atoms with van der Waals surface area (Å²) in [5, 5.41) is 17.7. The molecule has 0 aromatic carbocycles. The van der Waals surface area contributed by atoms with Gasteiger partial charge in [-0.3, -0.25) is 0 Å². The summed E-state index contributed by atoms with van der Waals surface area (Å²) in [4.78, 5) is 22.3. The number of nitrogens with zero attached hydrogens (tertiary/aromatic N) is 2. The van der Waals surface area contributed by atoms with Gasteiger partial charge in [0.2, 0.25) is 0 Å². The molecule has 0 saturated carbocycles. The van der Waals surface area contributed by atoms with Gasteiger partial charge in [0, 0.05) is 18.2 Å². The quantitative estimate of drug-likeness (QED) is 0.578. The standard InChI is InChI=1S/C14H8F2N2O4/c1-3-11(19)21-9-5-10(22-12(20)4-2)14(16,7-18)13(15)8(9)6-17/h3-5,13H,1-2H2. The first-order chi connectivity index (χ1) is 10.3. The minimum absolute atomic E-state index is 0.584. The highest BCUT2D eigenvalue weighted by atomic mass is 19.2. The first-order valence-electron chi connectivity index (χ1n) is 5.63. The van der Waals surface area contributed by atoms with Crippen molar-refractivity contribution >= 4 is 11.9 Å². The Hall–Kier alpha value is -3.26. The molecule has 22 heavy (non-hydrogen) atoms. The second kappa shape index (κ2) is 6.46. The maximum Gasteiger partial charge on any atom is 0.335 e. The third-order valence-electron chi connectivity index (χ3n) is 2.53. The predicted molar refractivity (Wildman–Crippen MR) is 67.6 cm³/mol. The van der Waals surface area contributed by atoms with Crippen molar-refractivity contribution in [1.82, 2.24) is 0 Å². The minimum atomic E-state index is -3.42. The van der Waals surface area contributed by atoms with Gasteiger partial charge in [0.15, 0.2) is 17.7 Å². The van der Waals surface area contributed by atoms with Crippen LogP contribution in [0.5, 0.6) is 0 Å². The number of hydrogen-bond donors (Lipinski definition) is 0. The highest BCUT2D eigenvalue weighted by Gasteiger charge is 2.52. The highest BCUT2D eigenvalue weighted by Crippen LogP contribution is 2.39. The van der Waals surface area contributed by atoms with Gasteiger partial charge in [-0.15, -0.1) is 0 Å². The lowest BCUT2D eigenvalue weighted by Gasteiger charge is -2.27. The zero-order valence-electron chi connectivity index (χ0n) is 11.0. The Morgan fingerprint density at radius 1 is 1.27 bits per heavy atom. The summed E-state index contributed by atoms with van der Waals surface area (Å²) in [6.07, 6.45) is -0.848. The molecule has 0 aromatic heterocycles. The van der Waals surface area contributed by atoms with E-state index < -0.39 is 40.9 Å². The molecule has 0 aliphatic heterocycles. The summed E-state index contributed by atoms with van der Waals surface area (Å²) in [6, 6.07) is 2.30. The highest BCUT2D eigenvalue weighted by molar-refractivity contribution is 5.83. The number of carbonyl (C=O) groups is 2. The number of alkyl halides is 2. The van der Waals surface area contributed by atoms with Crippen LogP contribution in [0.1, 0.15) is 0 Å². The molecule has 1 aliphatic rings. The summed E-state index contributed by atoms with van der Waals surface area (Å²) >= 11 is 0. The molecule has 8 heteroatoms. The fraction of sp³-hybridized carbons (Fsp3) is 0.143. The van der Waals surface area contributed by atoms with Gasteiger partial charge in [-0.25, -0.2) is 18.4 Å². The Morgan fingerprint density at radius 3 is 2.27 bits per heavy atom. The van der Waals surface area contributed by atoms with Crippen molar-refractivity contribution in [3.8, 4) is 12.1 Å². The normalized spacial score (nSPS) is 23.5. The maximum absolute atomic E-state index is 14.4. The second-order valence-corrected chi connectivity index (χ2v) is 3.83. The largest absolute Gasteiger partial charge is 0.423 e. The SMILES string of the molecule is C=CC(=O)OC1=CC(OC(=O)C=C)=C(C#N)C(F)C1(F)C#N. The van der Waals surface area contributed by atoms with E-state index in [0.717, 1.165) is 12.1 Å². The lowest BCUT2D eigenvalue weighted by atomic mass is 9.88. The van der Waals surface area contributed by atoms with Crippen molar-refractivity contribution in [2.24, 2.45) is 0 Å². The van der Waals surface area contributed by atoms with Gasteiger partial charge in [-0.05, 0) is 0 Å². The number of hydrogen-bond acceptors (Lipinski definition) is 6. The van der Waals surface area contributed by atoms with Crippen molar-refractivity contribution in [2.45, 2.75) is 11.8 Å². The molecule has 0 heterocycles. The predicted octanol–water partition coefficient (Wildman–Crippen LogP) is 1.69. The van der Waals surface area contributed by atoms with Crippen LogP contribution in [0.25, 0.3) is 0 Å². The molecule has 6 nitrogen and oxygen atoms in total. The van der Waals surface area contributed by atoms with E-state index in [-0.39, 0.29) is 0 Å². The molecule has 0 saturated heterocycles. The fourth-order valence-electron chi connectivity index (χ4n) is 1.46. The minimum Gasteiger partial charge on any atom is -0.423 e. The fourth-order valence-corrected chi connectivity index (χ4v) is 1.46. The lowest BCUT2D eigenvalue weighted by Crippen LogP contribution is -2.41. The van der Waals surface area contributed by atoms with Crippen LogP contribution in [-0.4, -0.2) is 23.8 Å². The average Bonchev–Trinajstić information content (AvgIpc) is 2.52. The van der Waals surface area contributed by atoms with Crippen LogP contribution in [0.4, 0.5) is 8.78 Å². The van der Waals surface area contributed by atoms with Crippen LogP contribution >= 0.6 is 0 Å². The summed E-state index contributed by atoms with van der Waals surface area (Å²) in [5.41, 5.74) is -4.36. The number of halogens is 2. The molecule has 0 fully saturated rings. The number of rotatable bonds is 4.